The molecular weight excluding hydrogens is 460 g/mol. The number of amides is 2. The fraction of sp³-hybridized carbons (Fsp3) is 0.292. The van der Waals surface area contributed by atoms with Crippen molar-refractivity contribution in [3.8, 4) is 11.5 Å². The van der Waals surface area contributed by atoms with Crippen LogP contribution in [0.5, 0.6) is 11.5 Å². The van der Waals surface area contributed by atoms with E-state index in [9.17, 15) is 9.59 Å². The second kappa shape index (κ2) is 7.96. The van der Waals surface area contributed by atoms with Crippen LogP contribution in [0.1, 0.15) is 17.5 Å². The van der Waals surface area contributed by atoms with Gasteiger partial charge in [0.1, 0.15) is 6.61 Å². The van der Waals surface area contributed by atoms with Crippen LogP contribution in [0.2, 0.25) is 0 Å². The Balaban J connectivity index is 1.42. The van der Waals surface area contributed by atoms with Crippen molar-refractivity contribution >= 4 is 34.0 Å². The van der Waals surface area contributed by atoms with Gasteiger partial charge >= 0.3 is 0 Å². The highest BCUT2D eigenvalue weighted by Gasteiger charge is 2.59. The zero-order valence-corrected chi connectivity index (χ0v) is 18.5. The number of allylic oxidation sites excluding steroid dienone is 2. The van der Waals surface area contributed by atoms with Crippen LogP contribution in [0.25, 0.3) is 0 Å². The fourth-order valence-electron chi connectivity index (χ4n) is 4.84. The summed E-state index contributed by atoms with van der Waals surface area (Å²) in [5.74, 6) is 0.374. The Morgan fingerprint density at radius 3 is 2.42 bits per heavy atom. The molecule has 3 aliphatic rings. The van der Waals surface area contributed by atoms with Crippen LogP contribution in [-0.2, 0) is 16.2 Å². The molecule has 2 bridgehead atoms. The number of hydrogen-bond donors (Lipinski definition) is 0. The lowest BCUT2D eigenvalue weighted by atomic mass is 9.85. The second-order valence-corrected chi connectivity index (χ2v) is 8.95. The molecule has 0 N–H and O–H groups in total. The van der Waals surface area contributed by atoms with E-state index >= 15 is 0 Å². The molecule has 0 radical (unpaired) electrons. The smallest absolute Gasteiger partial charge is 0.254 e. The maximum Gasteiger partial charge on any atom is 0.254 e. The van der Waals surface area contributed by atoms with Gasteiger partial charge in [-0.3, -0.25) is 9.59 Å². The van der Waals surface area contributed by atoms with Gasteiger partial charge in [0.25, 0.3) is 11.8 Å². The molecule has 0 spiro atoms. The Bertz CT molecular complexity index is 1070. The molecule has 158 valence electrons. The van der Waals surface area contributed by atoms with E-state index in [1.54, 1.807) is 13.2 Å². The van der Waals surface area contributed by atoms with E-state index in [-0.39, 0.29) is 35.5 Å². The predicted octanol–water partition coefficient (Wildman–Crippen LogP) is 4.18. The second-order valence-electron chi connectivity index (χ2n) is 8.03. The first-order valence-electron chi connectivity index (χ1n) is 10.2. The largest absolute Gasteiger partial charge is 0.493 e. The number of hydrazone groups is 1. The number of methoxy groups -OCH3 is 1. The number of hydrogen-bond acceptors (Lipinski definition) is 5. The van der Waals surface area contributed by atoms with Crippen molar-refractivity contribution in [1.29, 1.82) is 0 Å². The normalized spacial score (nSPS) is 26.2. The highest BCUT2D eigenvalue weighted by Crippen LogP contribution is 2.52. The summed E-state index contributed by atoms with van der Waals surface area (Å²) >= 11 is 3.47. The lowest BCUT2D eigenvalue weighted by molar-refractivity contribution is -0.140. The third kappa shape index (κ3) is 3.47. The highest BCUT2D eigenvalue weighted by atomic mass is 79.9. The van der Waals surface area contributed by atoms with E-state index in [0.717, 1.165) is 21.5 Å². The van der Waals surface area contributed by atoms with Crippen LogP contribution >= 0.6 is 15.9 Å². The minimum atomic E-state index is -0.273. The molecule has 1 heterocycles. The van der Waals surface area contributed by atoms with Crippen molar-refractivity contribution in [2.75, 3.05) is 7.11 Å². The maximum atomic E-state index is 12.9. The van der Waals surface area contributed by atoms with Gasteiger partial charge in [-0.1, -0.05) is 58.4 Å². The van der Waals surface area contributed by atoms with E-state index < -0.39 is 0 Å². The maximum absolute atomic E-state index is 12.9. The van der Waals surface area contributed by atoms with Crippen LogP contribution in [0, 0.1) is 23.7 Å². The third-order valence-corrected chi connectivity index (χ3v) is 6.71. The Morgan fingerprint density at radius 2 is 1.77 bits per heavy atom. The number of carbonyl (C=O) groups is 2. The van der Waals surface area contributed by atoms with Gasteiger partial charge in [-0.25, -0.2) is 0 Å². The van der Waals surface area contributed by atoms with Gasteiger partial charge < -0.3 is 9.47 Å². The highest BCUT2D eigenvalue weighted by molar-refractivity contribution is 9.10. The fourth-order valence-corrected chi connectivity index (χ4v) is 5.30. The summed E-state index contributed by atoms with van der Waals surface area (Å²) in [4.78, 5) is 25.8. The van der Waals surface area contributed by atoms with Crippen molar-refractivity contribution < 1.29 is 19.1 Å². The molecule has 1 aliphatic heterocycles. The van der Waals surface area contributed by atoms with E-state index in [1.165, 1.54) is 6.21 Å². The molecule has 1 saturated heterocycles. The average Bonchev–Trinajstić information content (AvgIpc) is 3.46. The Labute approximate surface area is 188 Å². The Hall–Kier alpha value is -2.93. The number of halogens is 1. The molecule has 0 aromatic heterocycles. The van der Waals surface area contributed by atoms with Gasteiger partial charge in [0.05, 0.1) is 25.2 Å². The topological polar surface area (TPSA) is 68.2 Å². The molecule has 4 unspecified atom stereocenters. The van der Waals surface area contributed by atoms with Gasteiger partial charge in [0, 0.05) is 10.0 Å². The Morgan fingerprint density at radius 1 is 1.10 bits per heavy atom. The number of ether oxygens (including phenoxy) is 2. The number of nitrogens with zero attached hydrogens (tertiary/aromatic N) is 2. The van der Waals surface area contributed by atoms with Crippen molar-refractivity contribution in [2.45, 2.75) is 13.0 Å². The van der Waals surface area contributed by atoms with E-state index in [1.807, 2.05) is 36.4 Å². The number of fused-ring (bicyclic) bond motifs is 5. The van der Waals surface area contributed by atoms with Crippen LogP contribution < -0.4 is 9.47 Å². The monoisotopic (exact) mass is 480 g/mol. The first kappa shape index (κ1) is 20.0. The summed E-state index contributed by atoms with van der Waals surface area (Å²) in [6.07, 6.45) is 6.53. The summed E-state index contributed by atoms with van der Waals surface area (Å²) in [6, 6.07) is 13.4. The molecule has 1 saturated carbocycles. The van der Waals surface area contributed by atoms with Crippen molar-refractivity contribution in [1.82, 2.24) is 5.01 Å². The summed E-state index contributed by atoms with van der Waals surface area (Å²) < 4.78 is 12.3. The molecule has 6 nitrogen and oxygen atoms in total. The molecular formula is C24H21BrN2O4. The van der Waals surface area contributed by atoms with Gasteiger partial charge in [-0.15, -0.1) is 0 Å². The predicted molar refractivity (Wildman–Crippen MR) is 119 cm³/mol. The molecule has 5 rings (SSSR count). The molecule has 7 heteroatoms. The molecule has 4 atom stereocenters. The standard InChI is InChI=1S/C24H21BrN2O4/c1-30-19-11-18(25)10-17(22(19)31-13-14-5-3-2-4-6-14)12-26-27-23(28)20-15-7-8-16(9-15)21(20)24(27)29/h2-8,10-12,15-16,20-21H,9,13H2,1H3. The van der Waals surface area contributed by atoms with Crippen LogP contribution in [0.15, 0.2) is 64.2 Å². The number of carbonyl (C=O) groups excluding carboxylic acids is 2. The Kier molecular flexibility index (Phi) is 5.14. The molecule has 2 aromatic rings. The molecule has 2 aromatic carbocycles. The van der Waals surface area contributed by atoms with Crippen molar-refractivity contribution in [2.24, 2.45) is 28.8 Å². The molecule has 2 aliphatic carbocycles. The van der Waals surface area contributed by atoms with Gasteiger partial charge in [0.15, 0.2) is 11.5 Å². The zero-order valence-electron chi connectivity index (χ0n) is 16.9. The lowest BCUT2D eigenvalue weighted by Gasteiger charge is -2.15. The quantitative estimate of drug-likeness (QED) is 0.353. The third-order valence-electron chi connectivity index (χ3n) is 6.25. The number of imide groups is 1. The zero-order chi connectivity index (χ0) is 21.5. The van der Waals surface area contributed by atoms with Crippen molar-refractivity contribution in [3.63, 3.8) is 0 Å². The van der Waals surface area contributed by atoms with E-state index in [0.29, 0.717) is 23.7 Å². The molecule has 31 heavy (non-hydrogen) atoms. The molecule has 2 amide bonds. The molecule has 2 fully saturated rings. The SMILES string of the molecule is COc1cc(Br)cc(C=NN2C(=O)C3C4C=CC(C4)C3C2=O)c1OCc1ccccc1. The minimum absolute atomic E-state index is 0.155. The van der Waals surface area contributed by atoms with Crippen LogP contribution in [-0.4, -0.2) is 30.1 Å². The number of benzene rings is 2. The van der Waals surface area contributed by atoms with Gasteiger partial charge in [-0.05, 0) is 36.0 Å². The van der Waals surface area contributed by atoms with Crippen molar-refractivity contribution in [3.05, 3.63) is 70.2 Å². The van der Waals surface area contributed by atoms with Gasteiger partial charge in [0.2, 0.25) is 0 Å². The van der Waals surface area contributed by atoms with Gasteiger partial charge in [-0.2, -0.15) is 10.1 Å². The minimum Gasteiger partial charge on any atom is -0.493 e. The number of rotatable bonds is 6. The van der Waals surface area contributed by atoms with Crippen LogP contribution in [0.3, 0.4) is 0 Å². The van der Waals surface area contributed by atoms with Crippen LogP contribution in [0.4, 0.5) is 0 Å². The first-order valence-corrected chi connectivity index (χ1v) is 11.0. The summed E-state index contributed by atoms with van der Waals surface area (Å²) in [5, 5.41) is 5.33. The first-order chi connectivity index (χ1) is 15.1. The van der Waals surface area contributed by atoms with E-state index in [2.05, 4.69) is 33.2 Å². The summed E-state index contributed by atoms with van der Waals surface area (Å²) in [7, 11) is 1.57. The lowest BCUT2D eigenvalue weighted by Crippen LogP contribution is -2.28. The average molecular weight is 481 g/mol. The summed E-state index contributed by atoms with van der Waals surface area (Å²) in [5.41, 5.74) is 1.62. The summed E-state index contributed by atoms with van der Waals surface area (Å²) in [6.45, 7) is 0.348. The van der Waals surface area contributed by atoms with E-state index in [4.69, 9.17) is 9.47 Å².